The molecule has 8 heteroatoms. The number of hydrogen-bond acceptors (Lipinski definition) is 7. The maximum absolute atomic E-state index is 12.4. The molecule has 0 atom stereocenters. The predicted molar refractivity (Wildman–Crippen MR) is 91.4 cm³/mol. The Hall–Kier alpha value is -2.51. The number of nitrogens with zero attached hydrogens (tertiary/aromatic N) is 3. The van der Waals surface area contributed by atoms with Crippen LogP contribution < -0.4 is 0 Å². The number of thiazole rings is 1. The van der Waals surface area contributed by atoms with Gasteiger partial charge in [0, 0.05) is 17.1 Å². The summed E-state index contributed by atoms with van der Waals surface area (Å²) in [5, 5.41) is 10.7. The zero-order valence-electron chi connectivity index (χ0n) is 12.8. The fourth-order valence-corrected chi connectivity index (χ4v) is 2.85. The lowest BCUT2D eigenvalue weighted by atomic mass is 10.1. The first kappa shape index (κ1) is 16.4. The number of hydrogen-bond donors (Lipinski definition) is 0. The van der Waals surface area contributed by atoms with Crippen LogP contribution >= 0.6 is 22.9 Å². The summed E-state index contributed by atoms with van der Waals surface area (Å²) in [5.74, 6) is -0.336. The molecule has 0 aliphatic carbocycles. The van der Waals surface area contributed by atoms with Crippen LogP contribution in [0.15, 0.2) is 45.5 Å². The van der Waals surface area contributed by atoms with Gasteiger partial charge < -0.3 is 9.36 Å². The Morgan fingerprint density at radius 1 is 1.38 bits per heavy atom. The molecule has 0 bridgehead atoms. The van der Waals surface area contributed by atoms with Crippen LogP contribution in [-0.4, -0.2) is 21.8 Å². The van der Waals surface area contributed by atoms with E-state index in [1.165, 1.54) is 11.3 Å². The molecule has 0 fully saturated rings. The van der Waals surface area contributed by atoms with E-state index in [0.717, 1.165) is 0 Å². The van der Waals surface area contributed by atoms with Crippen molar-refractivity contribution < 1.29 is 14.2 Å². The van der Waals surface area contributed by atoms with Crippen molar-refractivity contribution in [1.82, 2.24) is 10.1 Å². The number of rotatable bonds is 4. The van der Waals surface area contributed by atoms with Gasteiger partial charge in [0.25, 0.3) is 0 Å². The SMILES string of the molecule is C/C(=N/OC(=O)c1c(-c2ccccc2Cl)noc1C)c1nccs1. The van der Waals surface area contributed by atoms with Crippen molar-refractivity contribution in [2.24, 2.45) is 5.16 Å². The molecule has 0 amide bonds. The lowest BCUT2D eigenvalue weighted by molar-refractivity contribution is 0.0515. The minimum Gasteiger partial charge on any atom is -0.360 e. The van der Waals surface area contributed by atoms with Crippen LogP contribution in [0.4, 0.5) is 0 Å². The summed E-state index contributed by atoms with van der Waals surface area (Å²) in [6, 6.07) is 7.05. The van der Waals surface area contributed by atoms with E-state index in [2.05, 4.69) is 15.3 Å². The fraction of sp³-hybridized carbons (Fsp3) is 0.125. The van der Waals surface area contributed by atoms with E-state index in [1.807, 2.05) is 5.38 Å². The van der Waals surface area contributed by atoms with Gasteiger partial charge in [0.15, 0.2) is 0 Å². The van der Waals surface area contributed by atoms with Gasteiger partial charge in [0.2, 0.25) is 0 Å². The molecule has 3 rings (SSSR count). The van der Waals surface area contributed by atoms with Crippen LogP contribution in [-0.2, 0) is 4.84 Å². The van der Waals surface area contributed by atoms with E-state index >= 15 is 0 Å². The van der Waals surface area contributed by atoms with Gasteiger partial charge in [-0.3, -0.25) is 0 Å². The second-order valence-electron chi connectivity index (χ2n) is 4.83. The average molecular weight is 362 g/mol. The summed E-state index contributed by atoms with van der Waals surface area (Å²) in [4.78, 5) is 21.5. The Bertz CT molecular complexity index is 903. The van der Waals surface area contributed by atoms with Crippen LogP contribution in [0.3, 0.4) is 0 Å². The van der Waals surface area contributed by atoms with Crippen molar-refractivity contribution in [2.45, 2.75) is 13.8 Å². The number of carbonyl (C=O) groups is 1. The second-order valence-corrected chi connectivity index (χ2v) is 6.14. The molecule has 122 valence electrons. The number of aromatic nitrogens is 2. The largest absolute Gasteiger partial charge is 0.371 e. The number of oxime groups is 1. The van der Waals surface area contributed by atoms with Crippen LogP contribution in [0.1, 0.15) is 28.0 Å². The van der Waals surface area contributed by atoms with E-state index in [0.29, 0.717) is 32.8 Å². The molecule has 2 heterocycles. The second kappa shape index (κ2) is 6.94. The van der Waals surface area contributed by atoms with Crippen LogP contribution in [0.2, 0.25) is 5.02 Å². The van der Waals surface area contributed by atoms with Crippen molar-refractivity contribution in [3.05, 3.63) is 57.2 Å². The molecule has 0 unspecified atom stereocenters. The molecule has 24 heavy (non-hydrogen) atoms. The highest BCUT2D eigenvalue weighted by Gasteiger charge is 2.24. The van der Waals surface area contributed by atoms with E-state index in [1.54, 1.807) is 44.3 Å². The van der Waals surface area contributed by atoms with Crippen LogP contribution in [0, 0.1) is 6.92 Å². The van der Waals surface area contributed by atoms with Gasteiger partial charge in [-0.2, -0.15) is 0 Å². The van der Waals surface area contributed by atoms with Gasteiger partial charge >= 0.3 is 5.97 Å². The monoisotopic (exact) mass is 361 g/mol. The summed E-state index contributed by atoms with van der Waals surface area (Å²) in [6.07, 6.45) is 1.65. The molecular formula is C16H12ClN3O3S. The van der Waals surface area contributed by atoms with Gasteiger partial charge in [-0.1, -0.05) is 40.1 Å². The summed E-state index contributed by atoms with van der Waals surface area (Å²) < 4.78 is 5.14. The smallest absolute Gasteiger partial charge is 0.360 e. The van der Waals surface area contributed by atoms with Crippen molar-refractivity contribution in [3.63, 3.8) is 0 Å². The Morgan fingerprint density at radius 2 is 2.17 bits per heavy atom. The summed E-state index contributed by atoms with van der Waals surface area (Å²) in [7, 11) is 0. The highest BCUT2D eigenvalue weighted by atomic mass is 35.5. The molecular weight excluding hydrogens is 350 g/mol. The molecule has 1 aromatic carbocycles. The van der Waals surface area contributed by atoms with Crippen molar-refractivity contribution in [3.8, 4) is 11.3 Å². The van der Waals surface area contributed by atoms with Gasteiger partial charge in [-0.15, -0.1) is 11.3 Å². The number of benzene rings is 1. The van der Waals surface area contributed by atoms with E-state index in [9.17, 15) is 4.79 Å². The van der Waals surface area contributed by atoms with E-state index < -0.39 is 5.97 Å². The molecule has 0 radical (unpaired) electrons. The van der Waals surface area contributed by atoms with Gasteiger partial charge in [-0.25, -0.2) is 9.78 Å². The quantitative estimate of drug-likeness (QED) is 0.392. The zero-order chi connectivity index (χ0) is 17.1. The Labute approximate surface area is 146 Å². The maximum Gasteiger partial charge on any atom is 0.371 e. The first-order valence-corrected chi connectivity index (χ1v) is 8.20. The third-order valence-electron chi connectivity index (χ3n) is 3.20. The first-order chi connectivity index (χ1) is 11.6. The summed E-state index contributed by atoms with van der Waals surface area (Å²) in [5.41, 5.74) is 1.61. The molecule has 2 aromatic heterocycles. The predicted octanol–water partition coefficient (Wildman–Crippen LogP) is 4.34. The third kappa shape index (κ3) is 3.22. The minimum atomic E-state index is -0.667. The molecule has 0 saturated heterocycles. The van der Waals surface area contributed by atoms with Gasteiger partial charge in [-0.05, 0) is 19.9 Å². The Balaban J connectivity index is 1.90. The average Bonchev–Trinajstić information content (AvgIpc) is 3.22. The van der Waals surface area contributed by atoms with Crippen molar-refractivity contribution >= 4 is 34.6 Å². The molecule has 0 aliphatic rings. The van der Waals surface area contributed by atoms with Crippen LogP contribution in [0.5, 0.6) is 0 Å². The Morgan fingerprint density at radius 3 is 2.88 bits per heavy atom. The Kier molecular flexibility index (Phi) is 4.73. The highest BCUT2D eigenvalue weighted by molar-refractivity contribution is 7.11. The molecule has 6 nitrogen and oxygen atoms in total. The summed E-state index contributed by atoms with van der Waals surface area (Å²) in [6.45, 7) is 3.34. The highest BCUT2D eigenvalue weighted by Crippen LogP contribution is 2.31. The maximum atomic E-state index is 12.4. The number of halogens is 1. The minimum absolute atomic E-state index is 0.193. The van der Waals surface area contributed by atoms with Gasteiger partial charge in [0.05, 0.1) is 5.02 Å². The first-order valence-electron chi connectivity index (χ1n) is 6.95. The zero-order valence-corrected chi connectivity index (χ0v) is 14.4. The molecule has 0 aliphatic heterocycles. The number of carbonyl (C=O) groups excluding carboxylic acids is 1. The topological polar surface area (TPSA) is 77.6 Å². The van der Waals surface area contributed by atoms with Crippen LogP contribution in [0.25, 0.3) is 11.3 Å². The number of aryl methyl sites for hydroxylation is 1. The molecule has 3 aromatic rings. The normalized spacial score (nSPS) is 11.5. The van der Waals surface area contributed by atoms with E-state index in [4.69, 9.17) is 21.0 Å². The third-order valence-corrected chi connectivity index (χ3v) is 4.41. The fourth-order valence-electron chi connectivity index (χ4n) is 2.05. The van der Waals surface area contributed by atoms with Crippen molar-refractivity contribution in [2.75, 3.05) is 0 Å². The lowest BCUT2D eigenvalue weighted by Crippen LogP contribution is -2.06. The van der Waals surface area contributed by atoms with E-state index in [-0.39, 0.29) is 5.56 Å². The molecule has 0 spiro atoms. The molecule has 0 N–H and O–H groups in total. The van der Waals surface area contributed by atoms with Gasteiger partial charge in [0.1, 0.15) is 27.7 Å². The van der Waals surface area contributed by atoms with Crippen molar-refractivity contribution in [1.29, 1.82) is 0 Å². The summed E-state index contributed by atoms with van der Waals surface area (Å²) >= 11 is 7.58. The standard InChI is InChI=1S/C16H12ClN3O3S/c1-9(15-18-7-8-24-15)19-23-16(21)13-10(2)22-20-14(13)11-5-3-4-6-12(11)17/h3-8H,1-2H3/b19-9-. The molecule has 0 saturated carbocycles. The lowest BCUT2D eigenvalue weighted by Gasteiger charge is -2.03.